The van der Waals surface area contributed by atoms with Gasteiger partial charge < -0.3 is 15.2 Å². The van der Waals surface area contributed by atoms with E-state index >= 15 is 0 Å². The van der Waals surface area contributed by atoms with Crippen LogP contribution < -0.4 is 5.73 Å². The minimum absolute atomic E-state index is 0.764. The Hall–Kier alpha value is 0.150. The zero-order valence-corrected chi connectivity index (χ0v) is 8.72. The van der Waals surface area contributed by atoms with Crippen LogP contribution in [0, 0.1) is 0 Å². The topological polar surface area (TPSA) is 46.3 Å². The molecule has 1 aliphatic heterocycles. The number of nitrogens with two attached hydrogens (primary N) is 1. The van der Waals surface area contributed by atoms with Crippen LogP contribution in [0.5, 0.6) is 0 Å². The molecule has 1 heterocycles. The van der Waals surface area contributed by atoms with Gasteiger partial charge in [-0.2, -0.15) is 0 Å². The van der Waals surface area contributed by atoms with Crippen molar-refractivity contribution >= 4 is 7.14 Å². The first-order chi connectivity index (χ1) is 5.64. The van der Waals surface area contributed by atoms with E-state index in [0.717, 1.165) is 44.9 Å². The fourth-order valence-corrected chi connectivity index (χ4v) is 3.10. The van der Waals surface area contributed by atoms with Gasteiger partial charge in [0.05, 0.1) is 7.14 Å². The summed E-state index contributed by atoms with van der Waals surface area (Å²) in [5.41, 5.74) is 5.42. The van der Waals surface area contributed by atoms with Crippen molar-refractivity contribution in [1.29, 1.82) is 0 Å². The van der Waals surface area contributed by atoms with Crippen molar-refractivity contribution in [2.75, 3.05) is 45.2 Å². The first kappa shape index (κ1) is 10.2. The van der Waals surface area contributed by atoms with Gasteiger partial charge in [0.1, 0.15) is 0 Å². The van der Waals surface area contributed by atoms with Gasteiger partial charge in [-0.3, -0.25) is 0 Å². The summed E-state index contributed by atoms with van der Waals surface area (Å²) in [6, 6.07) is 0. The summed E-state index contributed by atoms with van der Waals surface area (Å²) in [5.74, 6) is 0. The zero-order valence-electron chi connectivity index (χ0n) is 7.83. The van der Waals surface area contributed by atoms with Gasteiger partial charge >= 0.3 is 0 Å². The molecule has 1 saturated heterocycles. The van der Waals surface area contributed by atoms with E-state index in [1.54, 1.807) is 0 Å². The molecule has 4 heteroatoms. The third-order valence-electron chi connectivity index (χ3n) is 2.46. The molecule has 2 N–H and O–H groups in total. The number of hydrogen-bond acceptors (Lipinski definition) is 3. The van der Waals surface area contributed by atoms with Crippen LogP contribution in [0.15, 0.2) is 0 Å². The van der Waals surface area contributed by atoms with Crippen molar-refractivity contribution in [3.05, 3.63) is 0 Å². The van der Waals surface area contributed by atoms with Crippen LogP contribution in [-0.4, -0.2) is 50.1 Å². The molecule has 0 spiro atoms. The molecular weight excluding hydrogens is 171 g/mol. The van der Waals surface area contributed by atoms with E-state index in [-0.39, 0.29) is 0 Å². The average Bonchev–Trinajstić information content (AvgIpc) is 2.03. The Labute approximate surface area is 74.7 Å². The molecular formula is C8H19N2OP. The predicted octanol–water partition coefficient (Wildman–Crippen LogP) is 0.644. The molecule has 0 atom stereocenters. The lowest BCUT2D eigenvalue weighted by molar-refractivity contribution is 0.293. The molecule has 0 saturated carbocycles. The fourth-order valence-electron chi connectivity index (χ4n) is 1.47. The monoisotopic (exact) mass is 190 g/mol. The van der Waals surface area contributed by atoms with Crippen molar-refractivity contribution in [3.63, 3.8) is 0 Å². The second kappa shape index (κ2) is 4.40. The number of nitrogens with zero attached hydrogens (tertiary/aromatic N) is 1. The Morgan fingerprint density at radius 1 is 1.42 bits per heavy atom. The maximum Gasteiger partial charge on any atom is 0.0873 e. The number of hydrogen-bond donors (Lipinski definition) is 1. The van der Waals surface area contributed by atoms with E-state index < -0.39 is 7.14 Å². The highest BCUT2D eigenvalue weighted by atomic mass is 31.2. The van der Waals surface area contributed by atoms with E-state index in [1.807, 2.05) is 6.66 Å². The molecule has 0 unspecified atom stereocenters. The first-order valence-corrected chi connectivity index (χ1v) is 7.14. The molecule has 0 aliphatic carbocycles. The second-order valence-electron chi connectivity index (χ2n) is 3.73. The van der Waals surface area contributed by atoms with Gasteiger partial charge in [-0.15, -0.1) is 0 Å². The van der Waals surface area contributed by atoms with Crippen molar-refractivity contribution < 1.29 is 4.57 Å². The van der Waals surface area contributed by atoms with Crippen molar-refractivity contribution in [2.45, 2.75) is 6.42 Å². The maximum atomic E-state index is 11.6. The van der Waals surface area contributed by atoms with Crippen molar-refractivity contribution in [2.24, 2.45) is 5.73 Å². The van der Waals surface area contributed by atoms with Gasteiger partial charge in [-0.05, 0) is 26.2 Å². The molecule has 12 heavy (non-hydrogen) atoms. The number of rotatable bonds is 3. The van der Waals surface area contributed by atoms with E-state index in [2.05, 4.69) is 4.90 Å². The van der Waals surface area contributed by atoms with Crippen LogP contribution in [0.2, 0.25) is 0 Å². The van der Waals surface area contributed by atoms with Crippen molar-refractivity contribution in [3.8, 4) is 0 Å². The molecule has 0 aromatic heterocycles. The molecule has 1 fully saturated rings. The summed E-state index contributed by atoms with van der Waals surface area (Å²) in [7, 11) is -1.73. The molecule has 0 aromatic carbocycles. The lowest BCUT2D eigenvalue weighted by Crippen LogP contribution is -2.35. The van der Waals surface area contributed by atoms with Crippen molar-refractivity contribution in [1.82, 2.24) is 4.90 Å². The molecule has 72 valence electrons. The largest absolute Gasteiger partial charge is 0.330 e. The summed E-state index contributed by atoms with van der Waals surface area (Å²) >= 11 is 0. The Bertz CT molecular complexity index is 172. The zero-order chi connectivity index (χ0) is 9.03. The fraction of sp³-hybridized carbons (Fsp3) is 1.00. The molecule has 1 rings (SSSR count). The standard InChI is InChI=1S/C8H19N2OP/c1-12(11)7-5-10(6-8-12)4-2-3-9/h2-9H2,1H3. The average molecular weight is 190 g/mol. The van der Waals surface area contributed by atoms with E-state index in [0.29, 0.717) is 0 Å². The van der Waals surface area contributed by atoms with Crippen LogP contribution in [0.1, 0.15) is 6.42 Å². The lowest BCUT2D eigenvalue weighted by atomic mass is 10.4. The highest BCUT2D eigenvalue weighted by Crippen LogP contribution is 2.42. The third-order valence-corrected chi connectivity index (χ3v) is 4.75. The minimum atomic E-state index is -1.73. The Balaban J connectivity index is 2.22. The summed E-state index contributed by atoms with van der Waals surface area (Å²) < 4.78 is 11.6. The van der Waals surface area contributed by atoms with E-state index in [9.17, 15) is 4.57 Å². The van der Waals surface area contributed by atoms with Crippen LogP contribution in [0.3, 0.4) is 0 Å². The Kier molecular flexibility index (Phi) is 3.76. The second-order valence-corrected chi connectivity index (χ2v) is 7.22. The molecule has 0 radical (unpaired) electrons. The van der Waals surface area contributed by atoms with E-state index in [4.69, 9.17) is 5.73 Å². The van der Waals surface area contributed by atoms with Gasteiger partial charge in [-0.1, -0.05) is 0 Å². The predicted molar refractivity (Wildman–Crippen MR) is 53.4 cm³/mol. The lowest BCUT2D eigenvalue weighted by Gasteiger charge is -2.30. The van der Waals surface area contributed by atoms with Crippen LogP contribution >= 0.6 is 7.14 Å². The van der Waals surface area contributed by atoms with Gasteiger partial charge in [-0.25, -0.2) is 0 Å². The van der Waals surface area contributed by atoms with Crippen LogP contribution in [0.25, 0.3) is 0 Å². The quantitative estimate of drug-likeness (QED) is 0.664. The van der Waals surface area contributed by atoms with Crippen LogP contribution in [0.4, 0.5) is 0 Å². The maximum absolute atomic E-state index is 11.6. The first-order valence-electron chi connectivity index (χ1n) is 4.62. The third kappa shape index (κ3) is 3.26. The molecule has 0 amide bonds. The Morgan fingerprint density at radius 2 is 2.00 bits per heavy atom. The Morgan fingerprint density at radius 3 is 2.50 bits per heavy atom. The minimum Gasteiger partial charge on any atom is -0.330 e. The summed E-state index contributed by atoms with van der Waals surface area (Å²) in [6.07, 6.45) is 2.86. The van der Waals surface area contributed by atoms with Gasteiger partial charge in [0.15, 0.2) is 0 Å². The summed E-state index contributed by atoms with van der Waals surface area (Å²) in [4.78, 5) is 2.37. The SMILES string of the molecule is CP1(=O)CCN(CCCN)CC1. The normalized spacial score (nSPS) is 24.2. The van der Waals surface area contributed by atoms with E-state index in [1.165, 1.54) is 0 Å². The smallest absolute Gasteiger partial charge is 0.0873 e. The van der Waals surface area contributed by atoms with Gasteiger partial charge in [0.2, 0.25) is 0 Å². The molecule has 3 nitrogen and oxygen atoms in total. The molecule has 1 aliphatic rings. The van der Waals surface area contributed by atoms with Crippen LogP contribution in [-0.2, 0) is 4.57 Å². The van der Waals surface area contributed by atoms with Gasteiger partial charge in [0.25, 0.3) is 0 Å². The highest BCUT2D eigenvalue weighted by molar-refractivity contribution is 7.63. The summed E-state index contributed by atoms with van der Waals surface area (Å²) in [6.45, 7) is 5.78. The van der Waals surface area contributed by atoms with Gasteiger partial charge in [0, 0.05) is 25.4 Å². The molecule has 0 bridgehead atoms. The summed E-state index contributed by atoms with van der Waals surface area (Å²) in [5, 5.41) is 0. The molecule has 0 aromatic rings. The highest BCUT2D eigenvalue weighted by Gasteiger charge is 2.22.